The Labute approximate surface area is 108 Å². The minimum atomic E-state index is -1.04. The fourth-order valence-electron chi connectivity index (χ4n) is 0.992. The number of carbonyl (C=O) groups is 2. The Morgan fingerprint density at radius 2 is 1.94 bits per heavy atom. The molecule has 0 spiro atoms. The number of ether oxygens (including phenoxy) is 1. The van der Waals surface area contributed by atoms with E-state index >= 15 is 0 Å². The summed E-state index contributed by atoms with van der Waals surface area (Å²) in [6, 6.07) is -0.749. The van der Waals surface area contributed by atoms with Gasteiger partial charge in [-0.15, -0.1) is 0 Å². The number of aliphatic hydroxyl groups is 1. The van der Waals surface area contributed by atoms with Crippen LogP contribution in [0.2, 0.25) is 11.1 Å². The van der Waals surface area contributed by atoms with Gasteiger partial charge < -0.3 is 0 Å². The van der Waals surface area contributed by atoms with Crippen LogP contribution in [-0.4, -0.2) is 49.7 Å². The molecule has 1 amide bonds. The zero-order valence-electron chi connectivity index (χ0n) is 10.9. The van der Waals surface area contributed by atoms with Crippen molar-refractivity contribution in [3.63, 3.8) is 0 Å². The third-order valence-electron chi connectivity index (χ3n) is 1.75. The van der Waals surface area contributed by atoms with Gasteiger partial charge in [-0.25, -0.2) is 0 Å². The summed E-state index contributed by atoms with van der Waals surface area (Å²) in [7, 11) is 0. The summed E-state index contributed by atoms with van der Waals surface area (Å²) in [6.45, 7) is 6.81. The standard InChI is InChI=1S/C11H21NO4Se/c1-7(10(15)16-11(2,3)4)12-9(14)8(13)6-17-5/h7-8,13H,6H2,1-5H3,(H,12,14)/t7-,8?/m0/s1. The molecule has 0 aromatic carbocycles. The molecule has 0 aromatic rings. The Morgan fingerprint density at radius 3 is 2.35 bits per heavy atom. The van der Waals surface area contributed by atoms with Crippen LogP contribution >= 0.6 is 0 Å². The molecule has 0 aliphatic rings. The van der Waals surface area contributed by atoms with Crippen LogP contribution in [0.15, 0.2) is 0 Å². The number of hydrogen-bond acceptors (Lipinski definition) is 4. The van der Waals surface area contributed by atoms with Crippen molar-refractivity contribution < 1.29 is 19.4 Å². The fraction of sp³-hybridized carbons (Fsp3) is 0.818. The Morgan fingerprint density at radius 1 is 1.41 bits per heavy atom. The van der Waals surface area contributed by atoms with Gasteiger partial charge in [0.15, 0.2) is 0 Å². The SMILES string of the molecule is C[Se]CC(O)C(=O)N[C@@H](C)C(=O)OC(C)(C)C. The van der Waals surface area contributed by atoms with Crippen LogP contribution in [0.4, 0.5) is 0 Å². The van der Waals surface area contributed by atoms with Crippen LogP contribution in [-0.2, 0) is 14.3 Å². The van der Waals surface area contributed by atoms with Gasteiger partial charge in [-0.2, -0.15) is 0 Å². The quantitative estimate of drug-likeness (QED) is 0.568. The van der Waals surface area contributed by atoms with Crippen molar-refractivity contribution >= 4 is 26.8 Å². The summed E-state index contributed by atoms with van der Waals surface area (Å²) in [4.78, 5) is 23.0. The maximum atomic E-state index is 11.6. The van der Waals surface area contributed by atoms with Crippen LogP contribution in [0, 0.1) is 0 Å². The molecular weight excluding hydrogens is 289 g/mol. The first-order chi connectivity index (χ1) is 7.67. The van der Waals surface area contributed by atoms with Crippen LogP contribution in [0.25, 0.3) is 0 Å². The van der Waals surface area contributed by atoms with Gasteiger partial charge in [-0.3, -0.25) is 0 Å². The van der Waals surface area contributed by atoms with E-state index in [0.717, 1.165) is 0 Å². The molecule has 17 heavy (non-hydrogen) atoms. The second-order valence-corrected chi connectivity index (χ2v) is 6.65. The molecule has 6 heteroatoms. The Balaban J connectivity index is 4.21. The van der Waals surface area contributed by atoms with E-state index in [4.69, 9.17) is 4.74 Å². The summed E-state index contributed by atoms with van der Waals surface area (Å²) >= 11 is 0.214. The van der Waals surface area contributed by atoms with E-state index in [1.54, 1.807) is 20.8 Å². The Bertz CT molecular complexity index is 275. The van der Waals surface area contributed by atoms with E-state index in [2.05, 4.69) is 5.32 Å². The monoisotopic (exact) mass is 311 g/mol. The molecule has 2 N–H and O–H groups in total. The van der Waals surface area contributed by atoms with Gasteiger partial charge in [-0.05, 0) is 0 Å². The first-order valence-corrected chi connectivity index (χ1v) is 8.30. The number of rotatable bonds is 5. The van der Waals surface area contributed by atoms with Crippen molar-refractivity contribution in [1.29, 1.82) is 0 Å². The van der Waals surface area contributed by atoms with E-state index in [1.807, 2.05) is 5.82 Å². The molecule has 0 saturated carbocycles. The summed E-state index contributed by atoms with van der Waals surface area (Å²) in [5, 5.41) is 12.3. The average molecular weight is 310 g/mol. The van der Waals surface area contributed by atoms with Crippen molar-refractivity contribution in [2.24, 2.45) is 0 Å². The van der Waals surface area contributed by atoms with Crippen molar-refractivity contribution in [2.75, 3.05) is 0 Å². The summed E-state index contributed by atoms with van der Waals surface area (Å²) in [5.74, 6) is 0.910. The van der Waals surface area contributed by atoms with E-state index in [1.165, 1.54) is 6.92 Å². The van der Waals surface area contributed by atoms with Crippen molar-refractivity contribution in [3.8, 4) is 0 Å². The molecular formula is C11H21NO4Se. The molecule has 5 nitrogen and oxygen atoms in total. The van der Waals surface area contributed by atoms with Gasteiger partial charge in [0, 0.05) is 0 Å². The Hall–Kier alpha value is -0.581. The fourth-order valence-corrected chi connectivity index (χ4v) is 1.97. The van der Waals surface area contributed by atoms with Crippen molar-refractivity contribution in [3.05, 3.63) is 0 Å². The third kappa shape index (κ3) is 7.36. The second kappa shape index (κ2) is 6.99. The number of esters is 1. The van der Waals surface area contributed by atoms with Gasteiger partial charge >= 0.3 is 108 Å². The van der Waals surface area contributed by atoms with Crippen LogP contribution in [0.5, 0.6) is 0 Å². The molecule has 0 saturated heterocycles. The first kappa shape index (κ1) is 16.4. The molecule has 0 radical (unpaired) electrons. The molecule has 100 valence electrons. The summed E-state index contributed by atoms with van der Waals surface area (Å²) in [5.41, 5.74) is -0.582. The topological polar surface area (TPSA) is 75.6 Å². The molecule has 0 fully saturated rings. The predicted molar refractivity (Wildman–Crippen MR) is 65.9 cm³/mol. The molecule has 0 heterocycles. The zero-order chi connectivity index (χ0) is 13.6. The molecule has 1 unspecified atom stereocenters. The molecule has 0 rings (SSSR count). The molecule has 0 bridgehead atoms. The van der Waals surface area contributed by atoms with Gasteiger partial charge in [0.2, 0.25) is 0 Å². The van der Waals surface area contributed by atoms with Crippen LogP contribution in [0.3, 0.4) is 0 Å². The van der Waals surface area contributed by atoms with E-state index < -0.39 is 29.6 Å². The van der Waals surface area contributed by atoms with E-state index in [-0.39, 0.29) is 15.0 Å². The molecule has 0 aromatic heterocycles. The normalized spacial score (nSPS) is 14.9. The summed E-state index contributed by atoms with van der Waals surface area (Å²) in [6.07, 6.45) is -1.04. The molecule has 0 aliphatic carbocycles. The maximum absolute atomic E-state index is 11.6. The van der Waals surface area contributed by atoms with Gasteiger partial charge in [0.25, 0.3) is 0 Å². The van der Waals surface area contributed by atoms with E-state index in [9.17, 15) is 14.7 Å². The van der Waals surface area contributed by atoms with Crippen molar-refractivity contribution in [1.82, 2.24) is 5.32 Å². The molecule has 2 atom stereocenters. The third-order valence-corrected chi connectivity index (χ3v) is 3.11. The van der Waals surface area contributed by atoms with Gasteiger partial charge in [-0.1, -0.05) is 0 Å². The van der Waals surface area contributed by atoms with Crippen LogP contribution < -0.4 is 5.32 Å². The zero-order valence-corrected chi connectivity index (χ0v) is 12.7. The number of carbonyl (C=O) groups excluding carboxylic acids is 2. The second-order valence-electron chi connectivity index (χ2n) is 4.73. The number of amides is 1. The minimum absolute atomic E-state index is 0.214. The average Bonchev–Trinajstić information content (AvgIpc) is 2.15. The number of aliphatic hydroxyl groups excluding tert-OH is 1. The Kier molecular flexibility index (Phi) is 6.75. The number of hydrogen-bond donors (Lipinski definition) is 2. The van der Waals surface area contributed by atoms with Gasteiger partial charge in [0.05, 0.1) is 0 Å². The van der Waals surface area contributed by atoms with E-state index in [0.29, 0.717) is 5.32 Å². The van der Waals surface area contributed by atoms with Crippen molar-refractivity contribution in [2.45, 2.75) is 56.6 Å². The van der Waals surface area contributed by atoms with Crippen LogP contribution in [0.1, 0.15) is 27.7 Å². The molecule has 0 aliphatic heterocycles. The summed E-state index contributed by atoms with van der Waals surface area (Å²) < 4.78 is 5.11. The predicted octanol–water partition coefficient (Wildman–Crippen LogP) is 0.364. The first-order valence-electron chi connectivity index (χ1n) is 5.37. The van der Waals surface area contributed by atoms with Gasteiger partial charge in [0.1, 0.15) is 0 Å². The number of nitrogens with one attached hydrogen (secondary N) is 1.